The Morgan fingerprint density at radius 1 is 1.17 bits per heavy atom. The molecule has 29 heavy (non-hydrogen) atoms. The predicted molar refractivity (Wildman–Crippen MR) is 118 cm³/mol. The number of ether oxygens (including phenoxy) is 1. The highest BCUT2D eigenvalue weighted by atomic mass is 32.2. The summed E-state index contributed by atoms with van der Waals surface area (Å²) in [5, 5.41) is 4.70. The van der Waals surface area contributed by atoms with Gasteiger partial charge in [-0.05, 0) is 61.1 Å². The molecule has 1 atom stereocenters. The molecule has 2 aromatic carbocycles. The van der Waals surface area contributed by atoms with Crippen molar-refractivity contribution in [1.82, 2.24) is 14.7 Å². The average Bonchev–Trinajstić information content (AvgIpc) is 3.25. The van der Waals surface area contributed by atoms with Gasteiger partial charge in [-0.2, -0.15) is 16.9 Å². The maximum atomic E-state index is 13.2. The van der Waals surface area contributed by atoms with Crippen molar-refractivity contribution in [1.29, 1.82) is 0 Å². The number of rotatable bonds is 5. The van der Waals surface area contributed by atoms with E-state index in [1.165, 1.54) is 5.75 Å². The molecule has 5 nitrogen and oxygen atoms in total. The smallest absolute Gasteiger partial charge is 0.274 e. The summed E-state index contributed by atoms with van der Waals surface area (Å²) in [6.07, 6.45) is 2.21. The maximum Gasteiger partial charge on any atom is 0.274 e. The molecule has 1 unspecified atom stereocenters. The summed E-state index contributed by atoms with van der Waals surface area (Å²) in [4.78, 5) is 15.1. The molecule has 1 saturated heterocycles. The Kier molecular flexibility index (Phi) is 5.90. The van der Waals surface area contributed by atoms with Gasteiger partial charge in [0.05, 0.1) is 18.5 Å². The Hall–Kier alpha value is -2.73. The third kappa shape index (κ3) is 4.17. The fourth-order valence-corrected chi connectivity index (χ4v) is 4.79. The highest BCUT2D eigenvalue weighted by molar-refractivity contribution is 7.99. The number of hydrogen-bond donors (Lipinski definition) is 0. The van der Waals surface area contributed by atoms with Gasteiger partial charge in [0.15, 0.2) is 5.69 Å². The zero-order valence-electron chi connectivity index (χ0n) is 16.7. The summed E-state index contributed by atoms with van der Waals surface area (Å²) in [5.74, 6) is 2.95. The molecule has 0 radical (unpaired) electrons. The van der Waals surface area contributed by atoms with E-state index in [1.807, 2.05) is 89.1 Å². The minimum atomic E-state index is -0.0260. The molecule has 6 heteroatoms. The topological polar surface area (TPSA) is 47.4 Å². The van der Waals surface area contributed by atoms with Gasteiger partial charge in [-0.25, -0.2) is 4.68 Å². The molecule has 1 amide bonds. The molecule has 1 fully saturated rings. The molecule has 150 valence electrons. The Balaban J connectivity index is 1.71. The molecule has 0 saturated carbocycles. The Labute approximate surface area is 175 Å². The summed E-state index contributed by atoms with van der Waals surface area (Å²) < 4.78 is 7.12. The van der Waals surface area contributed by atoms with E-state index in [2.05, 4.69) is 0 Å². The number of thioether (sulfide) groups is 1. The Bertz CT molecular complexity index is 964. The molecule has 0 N–H and O–H groups in total. The van der Waals surface area contributed by atoms with Crippen molar-refractivity contribution in [3.63, 3.8) is 0 Å². The summed E-state index contributed by atoms with van der Waals surface area (Å²) in [6, 6.07) is 19.9. The van der Waals surface area contributed by atoms with Crippen LogP contribution in [0.3, 0.4) is 0 Å². The second-order valence-corrected chi connectivity index (χ2v) is 8.33. The quantitative estimate of drug-likeness (QED) is 0.624. The summed E-state index contributed by atoms with van der Waals surface area (Å²) in [5.41, 5.74) is 3.26. The van der Waals surface area contributed by atoms with Crippen LogP contribution in [0.5, 0.6) is 5.75 Å². The average molecular weight is 408 g/mol. The van der Waals surface area contributed by atoms with Crippen molar-refractivity contribution < 1.29 is 9.53 Å². The number of aromatic nitrogens is 2. The third-order valence-corrected chi connectivity index (χ3v) is 6.52. The van der Waals surface area contributed by atoms with Gasteiger partial charge < -0.3 is 9.64 Å². The predicted octanol–water partition coefficient (Wildman–Crippen LogP) is 4.52. The number of para-hydroxylation sites is 1. The van der Waals surface area contributed by atoms with Crippen LogP contribution < -0.4 is 4.74 Å². The highest BCUT2D eigenvalue weighted by Gasteiger charge is 2.26. The fraction of sp³-hybridized carbons (Fsp3) is 0.304. The fourth-order valence-electron chi connectivity index (χ4n) is 3.59. The molecule has 0 aliphatic carbocycles. The van der Waals surface area contributed by atoms with Crippen molar-refractivity contribution in [2.75, 3.05) is 25.7 Å². The maximum absolute atomic E-state index is 13.2. The number of amides is 1. The summed E-state index contributed by atoms with van der Waals surface area (Å²) >= 11 is 1.92. The second kappa shape index (κ2) is 8.74. The minimum absolute atomic E-state index is 0.0260. The molecule has 1 aliphatic rings. The first-order chi connectivity index (χ1) is 14.2. The summed E-state index contributed by atoms with van der Waals surface area (Å²) in [6.45, 7) is 0. The first kappa shape index (κ1) is 19.6. The molecule has 0 bridgehead atoms. The van der Waals surface area contributed by atoms with E-state index in [4.69, 9.17) is 9.84 Å². The number of hydrogen-bond acceptors (Lipinski definition) is 4. The number of carbonyl (C=O) groups is 1. The first-order valence-corrected chi connectivity index (χ1v) is 11.0. The zero-order valence-corrected chi connectivity index (χ0v) is 17.6. The van der Waals surface area contributed by atoms with E-state index in [0.717, 1.165) is 41.3 Å². The molecule has 2 heterocycles. The summed E-state index contributed by atoms with van der Waals surface area (Å²) in [7, 11) is 3.55. The van der Waals surface area contributed by atoms with Crippen molar-refractivity contribution in [3.05, 3.63) is 66.4 Å². The van der Waals surface area contributed by atoms with Crippen LogP contribution in [0.25, 0.3) is 16.9 Å². The van der Waals surface area contributed by atoms with Crippen LogP contribution >= 0.6 is 11.8 Å². The number of carbonyl (C=O) groups excluding carboxylic acids is 1. The van der Waals surface area contributed by atoms with Crippen molar-refractivity contribution in [2.45, 2.75) is 18.9 Å². The van der Waals surface area contributed by atoms with E-state index in [1.54, 1.807) is 7.11 Å². The minimum Gasteiger partial charge on any atom is -0.497 e. The van der Waals surface area contributed by atoms with Crippen LogP contribution in [-0.2, 0) is 0 Å². The lowest BCUT2D eigenvalue weighted by atomic mass is 10.1. The molecule has 0 spiro atoms. The van der Waals surface area contributed by atoms with Crippen LogP contribution in [0.15, 0.2) is 60.7 Å². The monoisotopic (exact) mass is 407 g/mol. The van der Waals surface area contributed by atoms with Crippen LogP contribution in [0.1, 0.15) is 23.3 Å². The molecular formula is C23H25N3O2S. The second-order valence-electron chi connectivity index (χ2n) is 7.18. The van der Waals surface area contributed by atoms with Crippen molar-refractivity contribution in [3.8, 4) is 22.7 Å². The van der Waals surface area contributed by atoms with Gasteiger partial charge >= 0.3 is 0 Å². The van der Waals surface area contributed by atoms with E-state index < -0.39 is 0 Å². The van der Waals surface area contributed by atoms with E-state index in [-0.39, 0.29) is 11.9 Å². The third-order valence-electron chi connectivity index (χ3n) is 5.32. The van der Waals surface area contributed by atoms with Crippen molar-refractivity contribution in [2.24, 2.45) is 0 Å². The van der Waals surface area contributed by atoms with Gasteiger partial charge in [0, 0.05) is 24.4 Å². The van der Waals surface area contributed by atoms with Gasteiger partial charge in [0.1, 0.15) is 5.75 Å². The number of nitrogens with zero attached hydrogens (tertiary/aromatic N) is 3. The van der Waals surface area contributed by atoms with Crippen LogP contribution in [0, 0.1) is 0 Å². The standard InChI is InChI=1S/C23H25N3O2S/c1-25(19-9-6-14-29-16-19)23(27)21-15-22(17-10-12-20(28-2)13-11-17)26(24-21)18-7-4-3-5-8-18/h3-5,7-8,10-13,15,19H,6,9,14,16H2,1-2H3. The molecule has 1 aliphatic heterocycles. The lowest BCUT2D eigenvalue weighted by molar-refractivity contribution is 0.0731. The SMILES string of the molecule is COc1ccc(-c2cc(C(=O)N(C)C3CCCSC3)nn2-c2ccccc2)cc1. The van der Waals surface area contributed by atoms with Gasteiger partial charge in [0.2, 0.25) is 0 Å². The van der Waals surface area contributed by atoms with Gasteiger partial charge in [-0.15, -0.1) is 0 Å². The van der Waals surface area contributed by atoms with Gasteiger partial charge in [0.25, 0.3) is 5.91 Å². The number of methoxy groups -OCH3 is 1. The molecular weight excluding hydrogens is 382 g/mol. The van der Waals surface area contributed by atoms with Gasteiger partial charge in [-0.1, -0.05) is 18.2 Å². The normalized spacial score (nSPS) is 16.4. The first-order valence-electron chi connectivity index (χ1n) is 9.82. The lowest BCUT2D eigenvalue weighted by Gasteiger charge is -2.30. The highest BCUT2D eigenvalue weighted by Crippen LogP contribution is 2.27. The largest absolute Gasteiger partial charge is 0.497 e. The van der Waals surface area contributed by atoms with Crippen LogP contribution in [0.4, 0.5) is 0 Å². The van der Waals surface area contributed by atoms with E-state index in [0.29, 0.717) is 5.69 Å². The zero-order chi connectivity index (χ0) is 20.2. The van der Waals surface area contributed by atoms with E-state index >= 15 is 0 Å². The Morgan fingerprint density at radius 2 is 1.93 bits per heavy atom. The van der Waals surface area contributed by atoms with Crippen LogP contribution in [0.2, 0.25) is 0 Å². The molecule has 3 aromatic rings. The number of benzene rings is 2. The van der Waals surface area contributed by atoms with E-state index in [9.17, 15) is 4.79 Å². The molecule has 1 aromatic heterocycles. The van der Waals surface area contributed by atoms with Crippen LogP contribution in [-0.4, -0.2) is 52.3 Å². The van der Waals surface area contributed by atoms with Crippen molar-refractivity contribution >= 4 is 17.7 Å². The van der Waals surface area contributed by atoms with Gasteiger partial charge in [-0.3, -0.25) is 4.79 Å². The Morgan fingerprint density at radius 3 is 2.59 bits per heavy atom. The molecule has 4 rings (SSSR count). The lowest BCUT2D eigenvalue weighted by Crippen LogP contribution is -2.40.